The molecule has 4 heteroatoms. The minimum absolute atomic E-state index is 0.755. The Morgan fingerprint density at radius 1 is 1.20 bits per heavy atom. The van der Waals surface area contributed by atoms with Gasteiger partial charge in [0.25, 0.3) is 0 Å². The Morgan fingerprint density at radius 3 is 2.53 bits per heavy atom. The van der Waals surface area contributed by atoms with E-state index in [4.69, 9.17) is 11.6 Å². The molecule has 3 nitrogen and oxygen atoms in total. The van der Waals surface area contributed by atoms with Crippen LogP contribution in [0.15, 0.2) is 24.3 Å². The zero-order valence-corrected chi connectivity index (χ0v) is 9.15. The standard InChI is InChI=1S/C11H13ClN2O/c12-10-2-1-3-11(8-10)14-6-4-13(9-15)5-7-14/h1-3,8-9H,4-7H2. The summed E-state index contributed by atoms with van der Waals surface area (Å²) in [6.45, 7) is 3.32. The van der Waals surface area contributed by atoms with E-state index in [1.807, 2.05) is 24.3 Å². The number of anilines is 1. The van der Waals surface area contributed by atoms with Crippen molar-refractivity contribution >= 4 is 23.7 Å². The first-order valence-electron chi connectivity index (χ1n) is 4.99. The number of hydrogen-bond acceptors (Lipinski definition) is 2. The van der Waals surface area contributed by atoms with Gasteiger partial charge in [0.2, 0.25) is 6.41 Å². The van der Waals surface area contributed by atoms with Gasteiger partial charge >= 0.3 is 0 Å². The largest absolute Gasteiger partial charge is 0.368 e. The van der Waals surface area contributed by atoms with Gasteiger partial charge in [0.15, 0.2) is 0 Å². The summed E-state index contributed by atoms with van der Waals surface area (Å²) >= 11 is 5.93. The van der Waals surface area contributed by atoms with E-state index >= 15 is 0 Å². The van der Waals surface area contributed by atoms with Crippen LogP contribution in [0.2, 0.25) is 5.02 Å². The molecule has 0 unspecified atom stereocenters. The molecule has 2 rings (SSSR count). The number of piperazine rings is 1. The topological polar surface area (TPSA) is 23.6 Å². The van der Waals surface area contributed by atoms with Crippen LogP contribution >= 0.6 is 11.6 Å². The summed E-state index contributed by atoms with van der Waals surface area (Å²) in [4.78, 5) is 14.6. The van der Waals surface area contributed by atoms with Gasteiger partial charge in [-0.2, -0.15) is 0 Å². The summed E-state index contributed by atoms with van der Waals surface area (Å²) in [6, 6.07) is 7.82. The van der Waals surface area contributed by atoms with Crippen LogP contribution in [-0.2, 0) is 4.79 Å². The first-order chi connectivity index (χ1) is 7.29. The van der Waals surface area contributed by atoms with Crippen molar-refractivity contribution in [3.05, 3.63) is 29.3 Å². The van der Waals surface area contributed by atoms with Crippen molar-refractivity contribution in [3.8, 4) is 0 Å². The van der Waals surface area contributed by atoms with E-state index in [1.165, 1.54) is 0 Å². The third kappa shape index (κ3) is 2.42. The Morgan fingerprint density at radius 2 is 1.93 bits per heavy atom. The molecule has 0 aromatic heterocycles. The third-order valence-corrected chi connectivity index (χ3v) is 2.87. The van der Waals surface area contributed by atoms with Crippen LogP contribution in [0, 0.1) is 0 Å². The molecule has 0 radical (unpaired) electrons. The summed E-state index contributed by atoms with van der Waals surface area (Å²) in [5.41, 5.74) is 1.13. The van der Waals surface area contributed by atoms with Crippen LogP contribution in [0.5, 0.6) is 0 Å². The number of halogens is 1. The second kappa shape index (κ2) is 4.53. The predicted molar refractivity (Wildman–Crippen MR) is 61.3 cm³/mol. The molecule has 1 saturated heterocycles. The molecule has 1 fully saturated rings. The summed E-state index contributed by atoms with van der Waals surface area (Å²) in [5.74, 6) is 0. The molecule has 1 aromatic rings. The Kier molecular flexibility index (Phi) is 3.11. The number of benzene rings is 1. The van der Waals surface area contributed by atoms with E-state index in [9.17, 15) is 4.79 Å². The molecular formula is C11H13ClN2O. The second-order valence-electron chi connectivity index (χ2n) is 3.61. The fourth-order valence-electron chi connectivity index (χ4n) is 1.76. The summed E-state index contributed by atoms with van der Waals surface area (Å²) in [6.07, 6.45) is 0.912. The van der Waals surface area contributed by atoms with Crippen LogP contribution in [0.1, 0.15) is 0 Å². The van der Waals surface area contributed by atoms with Gasteiger partial charge in [-0.05, 0) is 18.2 Å². The quantitative estimate of drug-likeness (QED) is 0.713. The highest BCUT2D eigenvalue weighted by Crippen LogP contribution is 2.20. The van der Waals surface area contributed by atoms with Crippen molar-refractivity contribution in [1.29, 1.82) is 0 Å². The molecule has 0 saturated carbocycles. The molecule has 15 heavy (non-hydrogen) atoms. The molecular weight excluding hydrogens is 212 g/mol. The molecule has 0 atom stereocenters. The SMILES string of the molecule is O=CN1CCN(c2cccc(Cl)c2)CC1. The number of rotatable bonds is 2. The van der Waals surface area contributed by atoms with Gasteiger partial charge in [-0.3, -0.25) is 4.79 Å². The monoisotopic (exact) mass is 224 g/mol. The maximum Gasteiger partial charge on any atom is 0.209 e. The first kappa shape index (κ1) is 10.3. The van der Waals surface area contributed by atoms with Gasteiger partial charge in [0.1, 0.15) is 0 Å². The van der Waals surface area contributed by atoms with E-state index in [-0.39, 0.29) is 0 Å². The Bertz CT molecular complexity index is 348. The van der Waals surface area contributed by atoms with Crippen LogP contribution in [0.4, 0.5) is 5.69 Å². The van der Waals surface area contributed by atoms with Crippen LogP contribution in [0.3, 0.4) is 0 Å². The second-order valence-corrected chi connectivity index (χ2v) is 4.04. The number of carbonyl (C=O) groups excluding carboxylic acids is 1. The molecule has 0 spiro atoms. The van der Waals surface area contributed by atoms with Crippen molar-refractivity contribution in [2.75, 3.05) is 31.1 Å². The zero-order chi connectivity index (χ0) is 10.7. The van der Waals surface area contributed by atoms with Gasteiger partial charge in [-0.25, -0.2) is 0 Å². The lowest BCUT2D eigenvalue weighted by atomic mass is 10.2. The molecule has 0 bridgehead atoms. The average Bonchev–Trinajstić information content (AvgIpc) is 2.29. The lowest BCUT2D eigenvalue weighted by Gasteiger charge is -2.34. The molecule has 1 aliphatic heterocycles. The van der Waals surface area contributed by atoms with Gasteiger partial charge < -0.3 is 9.80 Å². The lowest BCUT2D eigenvalue weighted by molar-refractivity contribution is -0.118. The smallest absolute Gasteiger partial charge is 0.209 e. The third-order valence-electron chi connectivity index (χ3n) is 2.64. The van der Waals surface area contributed by atoms with Crippen LogP contribution in [0.25, 0.3) is 0 Å². The maximum absolute atomic E-state index is 10.5. The van der Waals surface area contributed by atoms with Crippen LogP contribution in [-0.4, -0.2) is 37.5 Å². The van der Waals surface area contributed by atoms with E-state index in [1.54, 1.807) is 4.90 Å². The minimum atomic E-state index is 0.755. The Labute approximate surface area is 94.2 Å². The average molecular weight is 225 g/mol. The molecule has 80 valence electrons. The highest BCUT2D eigenvalue weighted by molar-refractivity contribution is 6.30. The number of carbonyl (C=O) groups is 1. The molecule has 0 N–H and O–H groups in total. The van der Waals surface area contributed by atoms with Gasteiger partial charge in [0.05, 0.1) is 0 Å². The van der Waals surface area contributed by atoms with E-state index in [2.05, 4.69) is 4.90 Å². The van der Waals surface area contributed by atoms with E-state index in [0.29, 0.717) is 0 Å². The van der Waals surface area contributed by atoms with Crippen molar-refractivity contribution in [1.82, 2.24) is 4.90 Å². The minimum Gasteiger partial charge on any atom is -0.368 e. The van der Waals surface area contributed by atoms with Crippen molar-refractivity contribution in [3.63, 3.8) is 0 Å². The van der Waals surface area contributed by atoms with Crippen molar-refractivity contribution < 1.29 is 4.79 Å². The summed E-state index contributed by atoms with van der Waals surface area (Å²) in [5, 5.41) is 0.755. The van der Waals surface area contributed by atoms with Crippen LogP contribution < -0.4 is 4.90 Å². The van der Waals surface area contributed by atoms with E-state index in [0.717, 1.165) is 43.3 Å². The summed E-state index contributed by atoms with van der Waals surface area (Å²) in [7, 11) is 0. The normalized spacial score (nSPS) is 16.6. The first-order valence-corrected chi connectivity index (χ1v) is 5.37. The molecule has 1 aliphatic rings. The molecule has 1 heterocycles. The Hall–Kier alpha value is -1.22. The summed E-state index contributed by atoms with van der Waals surface area (Å²) < 4.78 is 0. The molecule has 1 amide bonds. The van der Waals surface area contributed by atoms with Gasteiger partial charge in [-0.1, -0.05) is 17.7 Å². The predicted octanol–water partition coefficient (Wildman–Crippen LogP) is 1.62. The Balaban J connectivity index is 2.04. The van der Waals surface area contributed by atoms with Crippen molar-refractivity contribution in [2.24, 2.45) is 0 Å². The highest BCUT2D eigenvalue weighted by atomic mass is 35.5. The lowest BCUT2D eigenvalue weighted by Crippen LogP contribution is -2.45. The zero-order valence-electron chi connectivity index (χ0n) is 8.40. The number of nitrogens with zero attached hydrogens (tertiary/aromatic N) is 2. The molecule has 0 aliphatic carbocycles. The van der Waals surface area contributed by atoms with Crippen molar-refractivity contribution in [2.45, 2.75) is 0 Å². The number of hydrogen-bond donors (Lipinski definition) is 0. The maximum atomic E-state index is 10.5. The fraction of sp³-hybridized carbons (Fsp3) is 0.364. The highest BCUT2D eigenvalue weighted by Gasteiger charge is 2.15. The molecule has 1 aromatic carbocycles. The fourth-order valence-corrected chi connectivity index (χ4v) is 1.94. The van der Waals surface area contributed by atoms with Gasteiger partial charge in [-0.15, -0.1) is 0 Å². The number of amides is 1. The van der Waals surface area contributed by atoms with E-state index < -0.39 is 0 Å². The van der Waals surface area contributed by atoms with Gasteiger partial charge in [0, 0.05) is 36.9 Å².